The Morgan fingerprint density at radius 2 is 2.03 bits per heavy atom. The molecule has 1 amide bonds. The molecular formula is C20H21FN6O2. The summed E-state index contributed by atoms with van der Waals surface area (Å²) in [5.41, 5.74) is 3.37. The van der Waals surface area contributed by atoms with Gasteiger partial charge in [0.1, 0.15) is 5.82 Å². The molecule has 1 aliphatic heterocycles. The molecule has 3 aromatic rings. The van der Waals surface area contributed by atoms with Gasteiger partial charge in [0.05, 0.1) is 18.0 Å². The number of rotatable bonds is 6. The van der Waals surface area contributed by atoms with Crippen LogP contribution >= 0.6 is 0 Å². The first kappa shape index (κ1) is 18.9. The van der Waals surface area contributed by atoms with E-state index < -0.39 is 6.10 Å². The molecule has 0 saturated carbocycles. The average molecular weight is 396 g/mol. The van der Waals surface area contributed by atoms with Crippen LogP contribution in [0.25, 0.3) is 0 Å². The van der Waals surface area contributed by atoms with Crippen LogP contribution in [0.4, 0.5) is 10.2 Å². The highest BCUT2D eigenvalue weighted by molar-refractivity contribution is 6.06. The molecule has 0 radical (unpaired) electrons. The molecule has 9 heteroatoms. The second-order valence-corrected chi connectivity index (χ2v) is 6.83. The molecule has 1 aromatic carbocycles. The zero-order valence-corrected chi connectivity index (χ0v) is 16.2. The molecule has 29 heavy (non-hydrogen) atoms. The fraction of sp³-hybridized carbons (Fsp3) is 0.300. The van der Waals surface area contributed by atoms with Crippen molar-refractivity contribution in [1.82, 2.24) is 19.6 Å². The number of nitrogens with one attached hydrogen (secondary N) is 1. The van der Waals surface area contributed by atoms with Crippen molar-refractivity contribution in [2.45, 2.75) is 39.5 Å². The van der Waals surface area contributed by atoms with Crippen LogP contribution in [0.3, 0.4) is 0 Å². The van der Waals surface area contributed by atoms with E-state index in [2.05, 4.69) is 20.7 Å². The summed E-state index contributed by atoms with van der Waals surface area (Å²) in [6.45, 7) is 5.16. The number of carbonyl (C=O) groups excluding carboxylic acids is 1. The summed E-state index contributed by atoms with van der Waals surface area (Å²) >= 11 is 0. The minimum Gasteiger partial charge on any atom is -0.382 e. The van der Waals surface area contributed by atoms with Crippen LogP contribution in [0, 0.1) is 12.7 Å². The predicted octanol–water partition coefficient (Wildman–Crippen LogP) is 2.73. The van der Waals surface area contributed by atoms with Gasteiger partial charge >= 0.3 is 0 Å². The molecule has 2 aromatic heterocycles. The normalized spacial score (nSPS) is 15.8. The Morgan fingerprint density at radius 1 is 1.24 bits per heavy atom. The summed E-state index contributed by atoms with van der Waals surface area (Å²) < 4.78 is 16.5. The first-order valence-electron chi connectivity index (χ1n) is 9.37. The fourth-order valence-corrected chi connectivity index (χ4v) is 3.14. The van der Waals surface area contributed by atoms with Crippen molar-refractivity contribution < 1.29 is 14.0 Å². The Morgan fingerprint density at radius 3 is 2.76 bits per heavy atom. The second kappa shape index (κ2) is 7.86. The Hall–Kier alpha value is -3.49. The molecule has 1 unspecified atom stereocenters. The number of aromatic nitrogens is 4. The van der Waals surface area contributed by atoms with Crippen LogP contribution in [0.5, 0.6) is 0 Å². The van der Waals surface area contributed by atoms with E-state index in [4.69, 9.17) is 4.84 Å². The van der Waals surface area contributed by atoms with Crippen molar-refractivity contribution in [2.75, 3.05) is 5.32 Å². The molecule has 3 heterocycles. The molecule has 4 rings (SSSR count). The van der Waals surface area contributed by atoms with Crippen LogP contribution < -0.4 is 5.32 Å². The lowest BCUT2D eigenvalue weighted by molar-refractivity contribution is -0.125. The molecule has 0 fully saturated rings. The van der Waals surface area contributed by atoms with Crippen molar-refractivity contribution in [3.63, 3.8) is 0 Å². The molecule has 0 spiro atoms. The lowest BCUT2D eigenvalue weighted by atomic mass is 10.1. The first-order chi connectivity index (χ1) is 14.0. The van der Waals surface area contributed by atoms with Crippen molar-refractivity contribution in [1.29, 1.82) is 0 Å². The third kappa shape index (κ3) is 4.18. The monoisotopic (exact) mass is 396 g/mol. The van der Waals surface area contributed by atoms with Crippen LogP contribution in [-0.4, -0.2) is 37.3 Å². The molecular weight excluding hydrogens is 375 g/mol. The van der Waals surface area contributed by atoms with Crippen LogP contribution in [0.15, 0.2) is 47.9 Å². The quantitative estimate of drug-likeness (QED) is 0.694. The number of benzene rings is 1. The van der Waals surface area contributed by atoms with Gasteiger partial charge in [0.2, 0.25) is 6.10 Å². The fourth-order valence-electron chi connectivity index (χ4n) is 3.14. The first-order valence-corrected chi connectivity index (χ1v) is 9.37. The number of nitrogens with zero attached hydrogens (tertiary/aromatic N) is 5. The summed E-state index contributed by atoms with van der Waals surface area (Å²) in [7, 11) is 0. The summed E-state index contributed by atoms with van der Waals surface area (Å²) in [5, 5.41) is 15.6. The molecule has 150 valence electrons. The minimum atomic E-state index is -0.711. The standard InChI is InChI=1S/C20H21FN6O2/c1-3-26-12-16(13(2)23-26)17-10-18(29-25-17)20(28)22-19-8-9-27(24-19)11-14-4-6-15(21)7-5-14/h4-9,12,18H,3,10-11H2,1-2H3,(H,22,24,28). The zero-order chi connectivity index (χ0) is 20.4. The number of anilines is 1. The highest BCUT2D eigenvalue weighted by Gasteiger charge is 2.30. The predicted molar refractivity (Wildman–Crippen MR) is 105 cm³/mol. The third-order valence-corrected chi connectivity index (χ3v) is 4.69. The van der Waals surface area contributed by atoms with E-state index in [-0.39, 0.29) is 11.7 Å². The van der Waals surface area contributed by atoms with E-state index in [1.165, 1.54) is 12.1 Å². The van der Waals surface area contributed by atoms with Crippen LogP contribution in [0.1, 0.15) is 30.2 Å². The Balaban J connectivity index is 1.35. The van der Waals surface area contributed by atoms with E-state index in [0.717, 1.165) is 23.4 Å². The van der Waals surface area contributed by atoms with Gasteiger partial charge in [0, 0.05) is 37.0 Å². The SMILES string of the molecule is CCn1cc(C2=NOC(C(=O)Nc3ccn(Cc4ccc(F)cc4)n3)C2)c(C)n1. The van der Waals surface area contributed by atoms with Gasteiger partial charge in [-0.05, 0) is 31.5 Å². The Bertz CT molecular complexity index is 1050. The Kier molecular flexibility index (Phi) is 5.11. The maximum atomic E-state index is 13.0. The lowest BCUT2D eigenvalue weighted by Gasteiger charge is -2.07. The van der Waals surface area contributed by atoms with E-state index in [0.29, 0.717) is 24.5 Å². The molecule has 0 saturated heterocycles. The van der Waals surface area contributed by atoms with Crippen LogP contribution in [0.2, 0.25) is 0 Å². The number of halogens is 1. The van der Waals surface area contributed by atoms with Gasteiger partial charge in [-0.1, -0.05) is 17.3 Å². The summed E-state index contributed by atoms with van der Waals surface area (Å²) in [5.74, 6) is -0.169. The number of aryl methyl sites for hydroxylation is 2. The van der Waals surface area contributed by atoms with Gasteiger partial charge in [-0.15, -0.1) is 0 Å². The lowest BCUT2D eigenvalue weighted by Crippen LogP contribution is -2.28. The van der Waals surface area contributed by atoms with E-state index in [9.17, 15) is 9.18 Å². The summed E-state index contributed by atoms with van der Waals surface area (Å²) in [4.78, 5) is 17.9. The Labute approximate surface area is 167 Å². The molecule has 1 aliphatic rings. The highest BCUT2D eigenvalue weighted by Crippen LogP contribution is 2.20. The molecule has 0 bridgehead atoms. The molecule has 8 nitrogen and oxygen atoms in total. The maximum Gasteiger partial charge on any atom is 0.269 e. The zero-order valence-electron chi connectivity index (χ0n) is 16.2. The van der Waals surface area contributed by atoms with E-state index >= 15 is 0 Å². The number of carbonyl (C=O) groups is 1. The number of oxime groups is 1. The van der Waals surface area contributed by atoms with Crippen molar-refractivity contribution >= 4 is 17.4 Å². The van der Waals surface area contributed by atoms with Crippen LogP contribution in [-0.2, 0) is 22.7 Å². The number of hydrogen-bond acceptors (Lipinski definition) is 5. The van der Waals surface area contributed by atoms with E-state index in [1.54, 1.807) is 29.1 Å². The molecule has 1 N–H and O–H groups in total. The summed E-state index contributed by atoms with van der Waals surface area (Å²) in [6.07, 6.45) is 3.32. The minimum absolute atomic E-state index is 0.280. The highest BCUT2D eigenvalue weighted by atomic mass is 19.1. The summed E-state index contributed by atoms with van der Waals surface area (Å²) in [6, 6.07) is 7.91. The average Bonchev–Trinajstić information content (AvgIpc) is 3.43. The molecule has 0 aliphatic carbocycles. The van der Waals surface area contributed by atoms with Gasteiger partial charge in [-0.2, -0.15) is 10.2 Å². The van der Waals surface area contributed by atoms with Gasteiger partial charge in [0.25, 0.3) is 5.91 Å². The number of amides is 1. The number of hydrogen-bond donors (Lipinski definition) is 1. The van der Waals surface area contributed by atoms with Gasteiger partial charge in [-0.3, -0.25) is 14.2 Å². The van der Waals surface area contributed by atoms with Gasteiger partial charge in [0.15, 0.2) is 5.82 Å². The van der Waals surface area contributed by atoms with E-state index in [1.807, 2.05) is 24.7 Å². The molecule has 1 atom stereocenters. The van der Waals surface area contributed by atoms with Gasteiger partial charge in [-0.25, -0.2) is 4.39 Å². The van der Waals surface area contributed by atoms with Crippen molar-refractivity contribution in [3.8, 4) is 0 Å². The third-order valence-electron chi connectivity index (χ3n) is 4.69. The van der Waals surface area contributed by atoms with Crippen molar-refractivity contribution in [3.05, 3.63) is 65.4 Å². The van der Waals surface area contributed by atoms with Gasteiger partial charge < -0.3 is 10.2 Å². The second-order valence-electron chi connectivity index (χ2n) is 6.83. The maximum absolute atomic E-state index is 13.0. The topological polar surface area (TPSA) is 86.3 Å². The smallest absolute Gasteiger partial charge is 0.269 e. The largest absolute Gasteiger partial charge is 0.382 e. The van der Waals surface area contributed by atoms with Crippen molar-refractivity contribution in [2.24, 2.45) is 5.16 Å².